The summed E-state index contributed by atoms with van der Waals surface area (Å²) in [6.07, 6.45) is 1.85. The maximum absolute atomic E-state index is 12.0. The minimum Gasteiger partial charge on any atom is -0.396 e. The quantitative estimate of drug-likeness (QED) is 0.510. The molecule has 0 saturated carbocycles. The summed E-state index contributed by atoms with van der Waals surface area (Å²) in [5.41, 5.74) is 0.940. The fourth-order valence-electron chi connectivity index (χ4n) is 2.34. The van der Waals surface area contributed by atoms with E-state index < -0.39 is 21.8 Å². The van der Waals surface area contributed by atoms with E-state index in [1.54, 1.807) is 24.3 Å². The Hall–Kier alpha value is -2.13. The number of anilines is 2. The Morgan fingerprint density at radius 1 is 1.12 bits per heavy atom. The van der Waals surface area contributed by atoms with E-state index in [4.69, 9.17) is 5.11 Å². The van der Waals surface area contributed by atoms with Gasteiger partial charge in [-0.15, -0.1) is 0 Å². The summed E-state index contributed by atoms with van der Waals surface area (Å²) in [5, 5.41) is 13.4. The van der Waals surface area contributed by atoms with Gasteiger partial charge in [0.05, 0.1) is 11.4 Å². The third-order valence-electron chi connectivity index (χ3n) is 3.59. The third-order valence-corrected chi connectivity index (χ3v) is 5.46. The van der Waals surface area contributed by atoms with E-state index in [9.17, 15) is 18.0 Å². The van der Waals surface area contributed by atoms with Crippen LogP contribution in [0.3, 0.4) is 0 Å². The lowest BCUT2D eigenvalue weighted by Crippen LogP contribution is -2.38. The van der Waals surface area contributed by atoms with Gasteiger partial charge in [-0.2, -0.15) is 0 Å². The Morgan fingerprint density at radius 2 is 1.83 bits per heavy atom. The monoisotopic (exact) mass is 355 g/mol. The average Bonchev–Trinajstić information content (AvgIpc) is 2.55. The summed E-state index contributed by atoms with van der Waals surface area (Å²) in [5.74, 6) is -1.46. The van der Waals surface area contributed by atoms with Crippen LogP contribution >= 0.6 is 0 Å². The molecular weight excluding hydrogens is 334 g/mol. The van der Waals surface area contributed by atoms with Crippen LogP contribution in [0.2, 0.25) is 0 Å². The van der Waals surface area contributed by atoms with Crippen molar-refractivity contribution in [1.29, 1.82) is 0 Å². The van der Waals surface area contributed by atoms with Crippen molar-refractivity contribution < 1.29 is 23.1 Å². The minimum absolute atomic E-state index is 0.0667. The molecule has 0 radical (unpaired) electrons. The molecule has 0 aliphatic carbocycles. The van der Waals surface area contributed by atoms with Crippen LogP contribution in [0.15, 0.2) is 24.3 Å². The number of hydrogen-bond acceptors (Lipinski definition) is 5. The molecule has 0 spiro atoms. The zero-order chi connectivity index (χ0) is 17.6. The van der Waals surface area contributed by atoms with Crippen LogP contribution in [0.4, 0.5) is 11.4 Å². The Bertz CT molecular complexity index is 688. The predicted octanol–water partition coefficient (Wildman–Crippen LogP) is 0.0537. The molecule has 1 fully saturated rings. The summed E-state index contributed by atoms with van der Waals surface area (Å²) in [7, 11) is -3.28. The molecule has 1 saturated heterocycles. The van der Waals surface area contributed by atoms with E-state index in [1.807, 2.05) is 0 Å². The van der Waals surface area contributed by atoms with Crippen molar-refractivity contribution in [2.75, 3.05) is 35.1 Å². The summed E-state index contributed by atoms with van der Waals surface area (Å²) in [6, 6.07) is 6.31. The van der Waals surface area contributed by atoms with Gasteiger partial charge in [-0.3, -0.25) is 13.9 Å². The second-order valence-electron chi connectivity index (χ2n) is 5.43. The first-order chi connectivity index (χ1) is 11.4. The summed E-state index contributed by atoms with van der Waals surface area (Å²) in [4.78, 5) is 23.2. The number of aliphatic hydroxyl groups is 1. The van der Waals surface area contributed by atoms with Crippen LogP contribution in [0.5, 0.6) is 0 Å². The highest BCUT2D eigenvalue weighted by molar-refractivity contribution is 7.92. The zero-order valence-electron chi connectivity index (χ0n) is 13.2. The number of nitrogens with one attached hydrogen (secondary N) is 2. The number of hydrogen-bond donors (Lipinski definition) is 3. The number of amides is 2. The van der Waals surface area contributed by atoms with Crippen LogP contribution < -0.4 is 14.9 Å². The molecule has 2 rings (SSSR count). The van der Waals surface area contributed by atoms with E-state index in [1.165, 1.54) is 4.31 Å². The van der Waals surface area contributed by atoms with Crippen LogP contribution in [0.1, 0.15) is 19.3 Å². The molecule has 1 heterocycles. The van der Waals surface area contributed by atoms with Gasteiger partial charge in [-0.1, -0.05) is 0 Å². The predicted molar refractivity (Wildman–Crippen MR) is 90.2 cm³/mol. The lowest BCUT2D eigenvalue weighted by atomic mass is 10.2. The first-order valence-corrected chi connectivity index (χ1v) is 9.35. The van der Waals surface area contributed by atoms with E-state index in [0.717, 1.165) is 6.42 Å². The SMILES string of the molecule is O=C(NCCCO)C(=O)Nc1ccc(N2CCCCS2(=O)=O)cc1. The van der Waals surface area contributed by atoms with Crippen molar-refractivity contribution >= 4 is 33.2 Å². The lowest BCUT2D eigenvalue weighted by molar-refractivity contribution is -0.136. The van der Waals surface area contributed by atoms with Crippen molar-refractivity contribution in [3.8, 4) is 0 Å². The average molecular weight is 355 g/mol. The van der Waals surface area contributed by atoms with Gasteiger partial charge in [0.25, 0.3) is 0 Å². The van der Waals surface area contributed by atoms with Crippen molar-refractivity contribution in [2.24, 2.45) is 0 Å². The molecular formula is C15H21N3O5S. The van der Waals surface area contributed by atoms with Gasteiger partial charge in [0.1, 0.15) is 0 Å². The molecule has 1 aromatic carbocycles. The maximum atomic E-state index is 12.0. The Morgan fingerprint density at radius 3 is 2.46 bits per heavy atom. The Balaban J connectivity index is 1.97. The Labute approximate surface area is 140 Å². The summed E-state index contributed by atoms with van der Waals surface area (Å²) < 4.78 is 25.5. The van der Waals surface area contributed by atoms with Crippen molar-refractivity contribution in [1.82, 2.24) is 5.32 Å². The molecule has 8 nitrogen and oxygen atoms in total. The van der Waals surface area contributed by atoms with Gasteiger partial charge < -0.3 is 15.7 Å². The van der Waals surface area contributed by atoms with E-state index in [0.29, 0.717) is 30.8 Å². The van der Waals surface area contributed by atoms with E-state index >= 15 is 0 Å². The highest BCUT2D eigenvalue weighted by atomic mass is 32.2. The number of carbonyl (C=O) groups excluding carboxylic acids is 2. The number of rotatable bonds is 5. The molecule has 1 aromatic rings. The number of aliphatic hydroxyl groups excluding tert-OH is 1. The van der Waals surface area contributed by atoms with Crippen LogP contribution in [0, 0.1) is 0 Å². The summed E-state index contributed by atoms with van der Waals surface area (Å²) in [6.45, 7) is 0.596. The first-order valence-electron chi connectivity index (χ1n) is 7.74. The molecule has 2 amide bonds. The zero-order valence-corrected chi connectivity index (χ0v) is 14.0. The smallest absolute Gasteiger partial charge is 0.313 e. The molecule has 132 valence electrons. The lowest BCUT2D eigenvalue weighted by Gasteiger charge is -2.28. The second kappa shape index (κ2) is 8.11. The third kappa shape index (κ3) is 4.68. The molecule has 24 heavy (non-hydrogen) atoms. The fraction of sp³-hybridized carbons (Fsp3) is 0.467. The largest absolute Gasteiger partial charge is 0.396 e. The minimum atomic E-state index is -3.28. The highest BCUT2D eigenvalue weighted by Gasteiger charge is 2.25. The molecule has 3 N–H and O–H groups in total. The van der Waals surface area contributed by atoms with Crippen LogP contribution in [-0.2, 0) is 19.6 Å². The van der Waals surface area contributed by atoms with Gasteiger partial charge in [0, 0.05) is 25.4 Å². The molecule has 0 aromatic heterocycles. The molecule has 1 aliphatic heterocycles. The van der Waals surface area contributed by atoms with Crippen LogP contribution in [0.25, 0.3) is 0 Å². The van der Waals surface area contributed by atoms with Gasteiger partial charge in [0.2, 0.25) is 10.0 Å². The topological polar surface area (TPSA) is 116 Å². The number of carbonyl (C=O) groups is 2. The number of nitrogens with zero attached hydrogens (tertiary/aromatic N) is 1. The molecule has 0 unspecified atom stereocenters. The van der Waals surface area contributed by atoms with Gasteiger partial charge in [0.15, 0.2) is 0 Å². The Kier molecular flexibility index (Phi) is 6.16. The van der Waals surface area contributed by atoms with Gasteiger partial charge in [-0.25, -0.2) is 8.42 Å². The van der Waals surface area contributed by atoms with E-state index in [2.05, 4.69) is 10.6 Å². The number of benzene rings is 1. The van der Waals surface area contributed by atoms with E-state index in [-0.39, 0.29) is 18.9 Å². The second-order valence-corrected chi connectivity index (χ2v) is 7.44. The molecule has 0 bridgehead atoms. The highest BCUT2D eigenvalue weighted by Crippen LogP contribution is 2.24. The first kappa shape index (κ1) is 18.2. The van der Waals surface area contributed by atoms with Crippen molar-refractivity contribution in [2.45, 2.75) is 19.3 Å². The van der Waals surface area contributed by atoms with Crippen molar-refractivity contribution in [3.05, 3.63) is 24.3 Å². The standard InChI is InChI=1S/C15H21N3O5S/c19-10-3-8-16-14(20)15(21)17-12-4-6-13(7-5-12)18-9-1-2-11-24(18,22)23/h4-7,19H,1-3,8-11H2,(H,16,20)(H,17,21). The molecule has 0 atom stereocenters. The summed E-state index contributed by atoms with van der Waals surface area (Å²) >= 11 is 0. The van der Waals surface area contributed by atoms with Crippen LogP contribution in [-0.4, -0.2) is 50.8 Å². The molecule has 1 aliphatic rings. The van der Waals surface area contributed by atoms with Crippen molar-refractivity contribution in [3.63, 3.8) is 0 Å². The normalized spacial score (nSPS) is 16.5. The van der Waals surface area contributed by atoms with Gasteiger partial charge >= 0.3 is 11.8 Å². The fourth-order valence-corrected chi connectivity index (χ4v) is 3.98. The number of sulfonamides is 1. The van der Waals surface area contributed by atoms with Gasteiger partial charge in [-0.05, 0) is 43.5 Å². The molecule has 9 heteroatoms. The maximum Gasteiger partial charge on any atom is 0.313 e.